The predicted molar refractivity (Wildman–Crippen MR) is 99.4 cm³/mol. The van der Waals surface area contributed by atoms with Crippen molar-refractivity contribution in [1.29, 1.82) is 0 Å². The molecule has 140 valence electrons. The zero-order chi connectivity index (χ0) is 18.2. The van der Waals surface area contributed by atoms with E-state index >= 15 is 0 Å². The first-order valence-electron chi connectivity index (χ1n) is 8.76. The number of thioether (sulfide) groups is 1. The molecule has 0 aliphatic carbocycles. The molecule has 7 nitrogen and oxygen atoms in total. The van der Waals surface area contributed by atoms with Crippen LogP contribution in [0.4, 0.5) is 0 Å². The molecule has 1 aromatic carbocycles. The molecule has 0 amide bonds. The number of para-hydroxylation sites is 1. The molecule has 0 spiro atoms. The van der Waals surface area contributed by atoms with Crippen LogP contribution < -0.4 is 4.74 Å². The van der Waals surface area contributed by atoms with Gasteiger partial charge in [-0.15, -0.1) is 11.7 Å². The van der Waals surface area contributed by atoms with E-state index < -0.39 is 6.10 Å². The average molecular weight is 376 g/mol. The minimum Gasteiger partial charge on any atom is -0.491 e. The molecular weight excluding hydrogens is 352 g/mol. The van der Waals surface area contributed by atoms with Gasteiger partial charge < -0.3 is 14.6 Å². The van der Waals surface area contributed by atoms with Gasteiger partial charge in [-0.2, -0.15) is 0 Å². The zero-order valence-corrected chi connectivity index (χ0v) is 15.5. The Morgan fingerprint density at radius 3 is 3.15 bits per heavy atom. The fourth-order valence-corrected chi connectivity index (χ4v) is 3.56. The van der Waals surface area contributed by atoms with Crippen LogP contribution in [0, 0.1) is 0 Å². The number of aromatic nitrogens is 4. The van der Waals surface area contributed by atoms with Crippen molar-refractivity contribution >= 4 is 11.8 Å². The Labute approximate surface area is 157 Å². The maximum Gasteiger partial charge on any atom is 0.209 e. The maximum atomic E-state index is 10.2. The number of benzene rings is 1. The minimum absolute atomic E-state index is 0.174. The number of ether oxygens (including phenoxy) is 2. The molecule has 2 unspecified atom stereocenters. The zero-order valence-electron chi connectivity index (χ0n) is 14.7. The number of nitrogens with zero attached hydrogens (tertiary/aromatic N) is 4. The first-order chi connectivity index (χ1) is 12.8. The Hall–Kier alpha value is -1.90. The molecule has 1 aromatic heterocycles. The molecule has 1 aliphatic rings. The van der Waals surface area contributed by atoms with E-state index in [1.807, 2.05) is 30.3 Å². The number of aliphatic hydroxyl groups excluding tert-OH is 1. The average Bonchev–Trinajstić information content (AvgIpc) is 3.32. The van der Waals surface area contributed by atoms with Gasteiger partial charge in [-0.05, 0) is 41.3 Å². The maximum absolute atomic E-state index is 10.2. The third kappa shape index (κ3) is 5.30. The van der Waals surface area contributed by atoms with Crippen LogP contribution in [0.2, 0.25) is 0 Å². The predicted octanol–water partition coefficient (Wildman–Crippen LogP) is 2.11. The molecule has 0 saturated carbocycles. The van der Waals surface area contributed by atoms with E-state index in [-0.39, 0.29) is 12.7 Å². The first kappa shape index (κ1) is 18.9. The lowest BCUT2D eigenvalue weighted by molar-refractivity contribution is 0.0911. The summed E-state index contributed by atoms with van der Waals surface area (Å²) >= 11 is 1.42. The summed E-state index contributed by atoms with van der Waals surface area (Å²) in [6, 6.07) is 7.78. The number of tetrazole rings is 1. The molecule has 1 saturated heterocycles. The lowest BCUT2D eigenvalue weighted by Crippen LogP contribution is -2.21. The molecule has 2 aromatic rings. The topological polar surface area (TPSA) is 82.3 Å². The highest BCUT2D eigenvalue weighted by Crippen LogP contribution is 2.21. The number of aliphatic hydroxyl groups is 1. The van der Waals surface area contributed by atoms with Crippen LogP contribution in [0.1, 0.15) is 18.4 Å². The molecule has 1 N–H and O–H groups in total. The Kier molecular flexibility index (Phi) is 7.04. The monoisotopic (exact) mass is 376 g/mol. The van der Waals surface area contributed by atoms with Gasteiger partial charge in [0.15, 0.2) is 0 Å². The summed E-state index contributed by atoms with van der Waals surface area (Å²) in [6.07, 6.45) is 4.24. The number of rotatable bonds is 10. The van der Waals surface area contributed by atoms with Crippen molar-refractivity contribution in [2.24, 2.45) is 0 Å². The van der Waals surface area contributed by atoms with Crippen molar-refractivity contribution in [1.82, 2.24) is 20.2 Å². The van der Waals surface area contributed by atoms with E-state index in [0.717, 1.165) is 37.2 Å². The van der Waals surface area contributed by atoms with Gasteiger partial charge in [0.25, 0.3) is 0 Å². The fraction of sp³-hybridized carbons (Fsp3) is 0.500. The Balaban J connectivity index is 1.46. The second-order valence-electron chi connectivity index (χ2n) is 6.15. The SMILES string of the molecule is C=CCc1ccccc1OCC(O)CSc1nnnn1CC1CCCO1. The van der Waals surface area contributed by atoms with Crippen molar-refractivity contribution in [2.45, 2.75) is 43.2 Å². The molecule has 1 aliphatic heterocycles. The summed E-state index contributed by atoms with van der Waals surface area (Å²) in [4.78, 5) is 0. The normalized spacial score (nSPS) is 18.0. The van der Waals surface area contributed by atoms with E-state index in [1.165, 1.54) is 11.8 Å². The largest absolute Gasteiger partial charge is 0.491 e. The summed E-state index contributed by atoms with van der Waals surface area (Å²) in [5, 5.41) is 22.7. The molecule has 1 fully saturated rings. The van der Waals surface area contributed by atoms with Crippen molar-refractivity contribution in [3.8, 4) is 5.75 Å². The summed E-state index contributed by atoms with van der Waals surface area (Å²) in [6.45, 7) is 5.43. The minimum atomic E-state index is -0.621. The highest BCUT2D eigenvalue weighted by atomic mass is 32.2. The van der Waals surface area contributed by atoms with Crippen LogP contribution in [0.5, 0.6) is 5.75 Å². The number of hydrogen-bond acceptors (Lipinski definition) is 7. The number of allylic oxidation sites excluding steroid dienone is 1. The molecule has 0 bridgehead atoms. The first-order valence-corrected chi connectivity index (χ1v) is 9.75. The van der Waals surface area contributed by atoms with Gasteiger partial charge in [0, 0.05) is 12.4 Å². The van der Waals surface area contributed by atoms with Crippen molar-refractivity contribution in [2.75, 3.05) is 19.0 Å². The van der Waals surface area contributed by atoms with Crippen LogP contribution in [0.15, 0.2) is 42.1 Å². The van der Waals surface area contributed by atoms with E-state index in [9.17, 15) is 5.11 Å². The fourth-order valence-electron chi connectivity index (χ4n) is 2.77. The van der Waals surface area contributed by atoms with Gasteiger partial charge in [-0.25, -0.2) is 4.68 Å². The summed E-state index contributed by atoms with van der Waals surface area (Å²) < 4.78 is 13.1. The van der Waals surface area contributed by atoms with Crippen molar-refractivity contribution in [3.05, 3.63) is 42.5 Å². The van der Waals surface area contributed by atoms with Crippen LogP contribution in [0.3, 0.4) is 0 Å². The highest BCUT2D eigenvalue weighted by molar-refractivity contribution is 7.99. The lowest BCUT2D eigenvalue weighted by atomic mass is 10.1. The van der Waals surface area contributed by atoms with Crippen LogP contribution in [0.25, 0.3) is 0 Å². The highest BCUT2D eigenvalue weighted by Gasteiger charge is 2.19. The second-order valence-corrected chi connectivity index (χ2v) is 7.14. The van der Waals surface area contributed by atoms with Crippen LogP contribution >= 0.6 is 11.8 Å². The van der Waals surface area contributed by atoms with Gasteiger partial charge in [0.1, 0.15) is 12.4 Å². The summed E-state index contributed by atoms with van der Waals surface area (Å²) in [5.41, 5.74) is 1.06. The van der Waals surface area contributed by atoms with E-state index in [0.29, 0.717) is 17.5 Å². The summed E-state index contributed by atoms with van der Waals surface area (Å²) in [7, 11) is 0. The quantitative estimate of drug-likeness (QED) is 0.502. The smallest absolute Gasteiger partial charge is 0.209 e. The van der Waals surface area contributed by atoms with E-state index in [2.05, 4.69) is 22.1 Å². The molecule has 0 radical (unpaired) electrons. The van der Waals surface area contributed by atoms with Gasteiger partial charge in [-0.1, -0.05) is 36.0 Å². The Morgan fingerprint density at radius 1 is 1.46 bits per heavy atom. The van der Waals surface area contributed by atoms with E-state index in [4.69, 9.17) is 9.47 Å². The standard InChI is InChI=1S/C18H24N4O3S/c1-2-6-14-7-3-4-9-17(14)25-12-15(23)13-26-18-19-20-21-22(18)11-16-8-5-10-24-16/h2-4,7,9,15-16,23H,1,5-6,8,10-13H2. The molecule has 2 heterocycles. The Morgan fingerprint density at radius 2 is 2.35 bits per heavy atom. The molecule has 2 atom stereocenters. The molecule has 8 heteroatoms. The second kappa shape index (κ2) is 9.70. The molecule has 3 rings (SSSR count). The van der Waals surface area contributed by atoms with Gasteiger partial charge >= 0.3 is 0 Å². The third-order valence-electron chi connectivity index (χ3n) is 4.07. The van der Waals surface area contributed by atoms with Crippen LogP contribution in [-0.2, 0) is 17.7 Å². The third-order valence-corrected chi connectivity index (χ3v) is 5.17. The van der Waals surface area contributed by atoms with Gasteiger partial charge in [0.2, 0.25) is 5.16 Å². The van der Waals surface area contributed by atoms with Crippen LogP contribution in [-0.4, -0.2) is 56.5 Å². The molecular formula is C18H24N4O3S. The summed E-state index contributed by atoms with van der Waals surface area (Å²) in [5.74, 6) is 1.23. The van der Waals surface area contributed by atoms with Crippen molar-refractivity contribution < 1.29 is 14.6 Å². The number of hydrogen-bond donors (Lipinski definition) is 1. The van der Waals surface area contributed by atoms with Crippen molar-refractivity contribution in [3.63, 3.8) is 0 Å². The molecule has 26 heavy (non-hydrogen) atoms. The lowest BCUT2D eigenvalue weighted by Gasteiger charge is -2.14. The van der Waals surface area contributed by atoms with E-state index in [1.54, 1.807) is 4.68 Å². The van der Waals surface area contributed by atoms with Gasteiger partial charge in [0.05, 0.1) is 18.8 Å². The van der Waals surface area contributed by atoms with Gasteiger partial charge in [-0.3, -0.25) is 0 Å². The Bertz CT molecular complexity index is 703.